The third-order valence-corrected chi connectivity index (χ3v) is 6.88. The van der Waals surface area contributed by atoms with Crippen molar-refractivity contribution in [2.24, 2.45) is 17.6 Å². The molecule has 2 aliphatic carbocycles. The highest BCUT2D eigenvalue weighted by molar-refractivity contribution is 7.90. The van der Waals surface area contributed by atoms with Gasteiger partial charge in [0.2, 0.25) is 10.0 Å². The molecule has 8 heteroatoms. The van der Waals surface area contributed by atoms with Crippen molar-refractivity contribution < 1.29 is 17.9 Å². The molecular weight excluding hydrogens is 328 g/mol. The molecule has 0 aliphatic heterocycles. The number of methoxy groups -OCH3 is 1. The van der Waals surface area contributed by atoms with E-state index >= 15 is 0 Å². The molecule has 4 unspecified atom stereocenters. The van der Waals surface area contributed by atoms with Crippen molar-refractivity contribution >= 4 is 28.4 Å². The second kappa shape index (κ2) is 8.47. The lowest BCUT2D eigenvalue weighted by molar-refractivity contribution is -0.146. The minimum absolute atomic E-state index is 0. The van der Waals surface area contributed by atoms with Crippen LogP contribution < -0.4 is 10.5 Å². The number of hydrogen-bond acceptors (Lipinski definition) is 5. The molecule has 4 atom stereocenters. The Hall–Kier alpha value is -0.370. The van der Waals surface area contributed by atoms with Gasteiger partial charge in [-0.3, -0.25) is 4.79 Å². The van der Waals surface area contributed by atoms with Crippen LogP contribution in [-0.2, 0) is 19.6 Å². The van der Waals surface area contributed by atoms with Gasteiger partial charge in [-0.15, -0.1) is 12.4 Å². The summed E-state index contributed by atoms with van der Waals surface area (Å²) in [6, 6.07) is -0.0831. The summed E-state index contributed by atoms with van der Waals surface area (Å²) in [5, 5.41) is -0.669. The standard InChI is InChI=1S/C14H26N2O4S.ClH/c1-20-14(17)11-6-2-3-8-13(11)21(18,19)16-12-7-4-5-10(12)9-15;/h10-13,16H,2-9,15H2,1H3;1H. The Bertz CT molecular complexity index is 471. The van der Waals surface area contributed by atoms with Crippen molar-refractivity contribution in [1.82, 2.24) is 4.72 Å². The molecule has 0 saturated heterocycles. The van der Waals surface area contributed by atoms with E-state index < -0.39 is 27.2 Å². The van der Waals surface area contributed by atoms with Gasteiger partial charge in [-0.25, -0.2) is 13.1 Å². The van der Waals surface area contributed by atoms with Crippen LogP contribution in [0.5, 0.6) is 0 Å². The summed E-state index contributed by atoms with van der Waals surface area (Å²) in [5.41, 5.74) is 5.71. The quantitative estimate of drug-likeness (QED) is 0.722. The first-order chi connectivity index (χ1) is 9.99. The molecule has 0 aromatic carbocycles. The maximum atomic E-state index is 12.7. The summed E-state index contributed by atoms with van der Waals surface area (Å²) in [6.07, 6.45) is 5.62. The van der Waals surface area contributed by atoms with Gasteiger partial charge in [0, 0.05) is 6.04 Å². The van der Waals surface area contributed by atoms with E-state index in [1.807, 2.05) is 0 Å². The Morgan fingerprint density at radius 3 is 2.50 bits per heavy atom. The van der Waals surface area contributed by atoms with E-state index in [0.717, 1.165) is 32.1 Å². The lowest BCUT2D eigenvalue weighted by Gasteiger charge is -2.31. The second-order valence-corrected chi connectivity index (χ2v) is 8.08. The van der Waals surface area contributed by atoms with Gasteiger partial charge in [0.1, 0.15) is 0 Å². The topological polar surface area (TPSA) is 98.5 Å². The molecule has 2 aliphatic rings. The highest BCUT2D eigenvalue weighted by Crippen LogP contribution is 2.32. The number of nitrogens with one attached hydrogen (secondary N) is 1. The number of rotatable bonds is 5. The van der Waals surface area contributed by atoms with E-state index in [4.69, 9.17) is 10.5 Å². The van der Waals surface area contributed by atoms with Crippen molar-refractivity contribution in [2.75, 3.05) is 13.7 Å². The molecular formula is C14H27ClN2O4S. The largest absolute Gasteiger partial charge is 0.469 e. The van der Waals surface area contributed by atoms with Crippen LogP contribution in [0.15, 0.2) is 0 Å². The molecule has 2 saturated carbocycles. The van der Waals surface area contributed by atoms with Crippen LogP contribution in [-0.4, -0.2) is 39.3 Å². The Balaban J connectivity index is 0.00000242. The van der Waals surface area contributed by atoms with Crippen LogP contribution in [0.25, 0.3) is 0 Å². The normalized spacial score (nSPS) is 32.3. The van der Waals surface area contributed by atoms with Crippen molar-refractivity contribution in [3.8, 4) is 0 Å². The van der Waals surface area contributed by atoms with Crippen LogP contribution >= 0.6 is 12.4 Å². The fourth-order valence-corrected chi connectivity index (χ4v) is 5.73. The highest BCUT2D eigenvalue weighted by atomic mass is 35.5. The second-order valence-electron chi connectivity index (χ2n) is 6.15. The van der Waals surface area contributed by atoms with Gasteiger partial charge in [-0.05, 0) is 38.1 Å². The summed E-state index contributed by atoms with van der Waals surface area (Å²) < 4.78 is 32.9. The monoisotopic (exact) mass is 354 g/mol. The van der Waals surface area contributed by atoms with Gasteiger partial charge in [0.05, 0.1) is 18.3 Å². The zero-order valence-electron chi connectivity index (χ0n) is 13.0. The molecule has 0 heterocycles. The van der Waals surface area contributed by atoms with E-state index in [9.17, 15) is 13.2 Å². The first-order valence-electron chi connectivity index (χ1n) is 7.78. The van der Waals surface area contributed by atoms with Crippen molar-refractivity contribution in [3.05, 3.63) is 0 Å². The average Bonchev–Trinajstić information content (AvgIpc) is 2.92. The Morgan fingerprint density at radius 2 is 1.86 bits per heavy atom. The van der Waals surface area contributed by atoms with Gasteiger partial charge in [-0.2, -0.15) is 0 Å². The first-order valence-corrected chi connectivity index (χ1v) is 9.33. The van der Waals surface area contributed by atoms with E-state index in [0.29, 0.717) is 19.4 Å². The zero-order chi connectivity index (χ0) is 15.5. The molecule has 0 aromatic rings. The van der Waals surface area contributed by atoms with Crippen LogP contribution in [0.3, 0.4) is 0 Å². The van der Waals surface area contributed by atoms with Gasteiger partial charge >= 0.3 is 5.97 Å². The van der Waals surface area contributed by atoms with E-state index in [-0.39, 0.29) is 24.4 Å². The Morgan fingerprint density at radius 1 is 1.18 bits per heavy atom. The summed E-state index contributed by atoms with van der Waals surface area (Å²) in [6.45, 7) is 0.498. The van der Waals surface area contributed by atoms with Crippen LogP contribution in [0.2, 0.25) is 0 Å². The molecule has 2 rings (SSSR count). The number of halogens is 1. The number of sulfonamides is 1. The third-order valence-electron chi connectivity index (χ3n) is 4.88. The van der Waals surface area contributed by atoms with E-state index in [1.54, 1.807) is 0 Å². The fraction of sp³-hybridized carbons (Fsp3) is 0.929. The fourth-order valence-electron chi connectivity index (χ4n) is 3.66. The minimum atomic E-state index is -3.52. The highest BCUT2D eigenvalue weighted by Gasteiger charge is 2.42. The van der Waals surface area contributed by atoms with Crippen LogP contribution in [0.4, 0.5) is 0 Å². The lowest BCUT2D eigenvalue weighted by Crippen LogP contribution is -2.48. The predicted octanol–water partition coefficient (Wildman–Crippen LogP) is 1.19. The molecule has 0 bridgehead atoms. The number of carbonyl (C=O) groups is 1. The molecule has 130 valence electrons. The molecule has 2 fully saturated rings. The molecule has 0 spiro atoms. The number of esters is 1. The van der Waals surface area contributed by atoms with Gasteiger partial charge < -0.3 is 10.5 Å². The SMILES string of the molecule is COC(=O)C1CCCCC1S(=O)(=O)NC1CCCC1CN.Cl. The Labute approximate surface area is 139 Å². The average molecular weight is 355 g/mol. The lowest BCUT2D eigenvalue weighted by atomic mass is 9.89. The third kappa shape index (κ3) is 4.34. The van der Waals surface area contributed by atoms with Crippen LogP contribution in [0.1, 0.15) is 44.9 Å². The zero-order valence-corrected chi connectivity index (χ0v) is 14.6. The maximum absolute atomic E-state index is 12.7. The smallest absolute Gasteiger partial charge is 0.310 e. The first kappa shape index (κ1) is 19.7. The molecule has 6 nitrogen and oxygen atoms in total. The molecule has 22 heavy (non-hydrogen) atoms. The van der Waals surface area contributed by atoms with Crippen molar-refractivity contribution in [3.63, 3.8) is 0 Å². The van der Waals surface area contributed by atoms with E-state index in [1.165, 1.54) is 7.11 Å². The summed E-state index contributed by atoms with van der Waals surface area (Å²) in [4.78, 5) is 11.8. The van der Waals surface area contributed by atoms with Gasteiger partial charge in [0.15, 0.2) is 0 Å². The molecule has 3 N–H and O–H groups in total. The number of carbonyl (C=O) groups excluding carboxylic acids is 1. The Kier molecular flexibility index (Phi) is 7.58. The molecule has 0 aromatic heterocycles. The van der Waals surface area contributed by atoms with Crippen molar-refractivity contribution in [2.45, 2.75) is 56.2 Å². The van der Waals surface area contributed by atoms with Crippen LogP contribution in [0, 0.1) is 11.8 Å². The number of hydrogen-bond donors (Lipinski definition) is 2. The van der Waals surface area contributed by atoms with E-state index in [2.05, 4.69) is 4.72 Å². The number of nitrogens with two attached hydrogens (primary N) is 1. The maximum Gasteiger partial charge on any atom is 0.310 e. The summed E-state index contributed by atoms with van der Waals surface area (Å²) in [5.74, 6) is -0.745. The molecule has 0 amide bonds. The van der Waals surface area contributed by atoms with Gasteiger partial charge in [0.25, 0.3) is 0 Å². The van der Waals surface area contributed by atoms with Crippen molar-refractivity contribution in [1.29, 1.82) is 0 Å². The summed E-state index contributed by atoms with van der Waals surface area (Å²) in [7, 11) is -2.21. The summed E-state index contributed by atoms with van der Waals surface area (Å²) >= 11 is 0. The van der Waals surface area contributed by atoms with Gasteiger partial charge in [-0.1, -0.05) is 19.3 Å². The minimum Gasteiger partial charge on any atom is -0.469 e. The molecule has 0 radical (unpaired) electrons. The number of ether oxygens (including phenoxy) is 1. The predicted molar refractivity (Wildman–Crippen MR) is 87.2 cm³/mol.